The molecule has 0 N–H and O–H groups in total. The van der Waals surface area contributed by atoms with Crippen molar-refractivity contribution in [3.8, 4) is 5.75 Å². The van der Waals surface area contributed by atoms with E-state index >= 15 is 0 Å². The molecule has 0 heterocycles. The molecule has 7 heteroatoms. The maximum Gasteiger partial charge on any atom is 1.00 e. The Hall–Kier alpha value is 0.236. The van der Waals surface area contributed by atoms with Gasteiger partial charge in [0.1, 0.15) is 12.0 Å². The van der Waals surface area contributed by atoms with Crippen LogP contribution in [0.2, 0.25) is 0 Å². The summed E-state index contributed by atoms with van der Waals surface area (Å²) in [4.78, 5) is 10.2. The van der Waals surface area contributed by atoms with E-state index in [-0.39, 0.29) is 57.1 Å². The molecule has 1 aromatic carbocycles. The monoisotopic (exact) mass is 240 g/mol. The van der Waals surface area contributed by atoms with Gasteiger partial charge in [0.25, 0.3) is 10.4 Å². The number of rotatable bonds is 3. The quantitative estimate of drug-likeness (QED) is 0.249. The van der Waals surface area contributed by atoms with Gasteiger partial charge in [0.15, 0.2) is 0 Å². The molecule has 0 radical (unpaired) electrons. The van der Waals surface area contributed by atoms with E-state index in [1.807, 2.05) is 0 Å². The largest absolute Gasteiger partial charge is 1.00 e. The van der Waals surface area contributed by atoms with E-state index in [0.717, 1.165) is 0 Å². The van der Waals surface area contributed by atoms with Crippen LogP contribution in [0, 0.1) is 0 Å². The smallest absolute Gasteiger partial charge is 0.716 e. The third kappa shape index (κ3) is 5.20. The van der Waals surface area contributed by atoms with E-state index in [1.54, 1.807) is 0 Å². The Morgan fingerprint density at radius 3 is 2.07 bits per heavy atom. The average Bonchev–Trinajstić information content (AvgIpc) is 2.03. The van der Waals surface area contributed by atoms with Crippen LogP contribution < -0.4 is 55.6 Å². The molecule has 1 aromatic rings. The topological polar surface area (TPSA) is 83.5 Å². The maximum atomic E-state index is 10.2. The minimum atomic E-state index is -4.74. The summed E-state index contributed by atoms with van der Waals surface area (Å²) in [5.74, 6) is -0.111. The van der Waals surface area contributed by atoms with E-state index in [1.165, 1.54) is 24.3 Å². The number of hydrogen-bond donors (Lipinski definition) is 0. The first-order chi connectivity index (χ1) is 6.01. The van der Waals surface area contributed by atoms with E-state index in [9.17, 15) is 17.8 Å². The van der Waals surface area contributed by atoms with Crippen LogP contribution >= 0.6 is 0 Å². The molecule has 0 fully saturated rings. The molecule has 0 aliphatic carbocycles. The fraction of sp³-hybridized carbons (Fsp3) is 0. The summed E-state index contributed by atoms with van der Waals surface area (Å²) in [6.07, 6.45) is 0.593. The van der Waals surface area contributed by atoms with Gasteiger partial charge in [-0.2, -0.15) is 0 Å². The van der Waals surface area contributed by atoms with Gasteiger partial charge in [0.05, 0.1) is 0 Å². The Bertz CT molecular complexity index is 397. The van der Waals surface area contributed by atoms with Crippen LogP contribution in [-0.2, 0) is 10.4 Å². The van der Waals surface area contributed by atoms with E-state index in [2.05, 4.69) is 4.18 Å². The Balaban J connectivity index is 0.00000169. The van der Waals surface area contributed by atoms with Gasteiger partial charge in [-0.3, -0.25) is 4.79 Å². The molecular formula is C7H5KO5S. The Labute approximate surface area is 124 Å². The van der Waals surface area contributed by atoms with Gasteiger partial charge < -0.3 is 8.74 Å². The molecular weight excluding hydrogens is 235 g/mol. The second-order valence-corrected chi connectivity index (χ2v) is 3.16. The van der Waals surface area contributed by atoms with Gasteiger partial charge in [-0.15, -0.1) is 0 Å². The van der Waals surface area contributed by atoms with Crippen molar-refractivity contribution < 1.29 is 73.3 Å². The standard InChI is InChI=1S/C7H6O5S.K/c8-5-6-1-3-7(4-2-6)12-13(9,10)11;/h1-5H,(H,9,10,11);/q;+1/p-1. The molecule has 5 nitrogen and oxygen atoms in total. The van der Waals surface area contributed by atoms with Gasteiger partial charge in [-0.25, -0.2) is 8.42 Å². The van der Waals surface area contributed by atoms with Crippen molar-refractivity contribution in [3.05, 3.63) is 29.8 Å². The molecule has 0 saturated carbocycles. The molecule has 0 saturated heterocycles. The summed E-state index contributed by atoms with van der Waals surface area (Å²) >= 11 is 0. The van der Waals surface area contributed by atoms with Gasteiger partial charge in [0.2, 0.25) is 0 Å². The molecule has 0 bridgehead atoms. The van der Waals surface area contributed by atoms with E-state index in [0.29, 0.717) is 11.8 Å². The molecule has 0 spiro atoms. The van der Waals surface area contributed by atoms with Crippen LogP contribution in [0.5, 0.6) is 5.75 Å². The van der Waals surface area contributed by atoms with Gasteiger partial charge in [-0.05, 0) is 24.3 Å². The molecule has 0 unspecified atom stereocenters. The molecule has 0 amide bonds. The zero-order chi connectivity index (χ0) is 9.90. The van der Waals surface area contributed by atoms with E-state index in [4.69, 9.17) is 0 Å². The van der Waals surface area contributed by atoms with Crippen molar-refractivity contribution in [2.75, 3.05) is 0 Å². The SMILES string of the molecule is O=Cc1ccc(OS(=O)(=O)[O-])cc1.[K+]. The van der Waals surface area contributed by atoms with Gasteiger partial charge >= 0.3 is 51.4 Å². The molecule has 1 rings (SSSR count). The van der Waals surface area contributed by atoms with Crippen LogP contribution in [0.15, 0.2) is 24.3 Å². The molecule has 0 aromatic heterocycles. The summed E-state index contributed by atoms with van der Waals surface area (Å²) in [5, 5.41) is 0. The normalized spacial score (nSPS) is 10.1. The Kier molecular flexibility index (Phi) is 6.06. The molecule has 0 aliphatic heterocycles. The number of aldehydes is 1. The predicted molar refractivity (Wildman–Crippen MR) is 42.2 cm³/mol. The molecule has 0 atom stereocenters. The Morgan fingerprint density at radius 2 is 1.71 bits per heavy atom. The first kappa shape index (κ1) is 14.2. The fourth-order valence-electron chi connectivity index (χ4n) is 0.720. The van der Waals surface area contributed by atoms with Crippen LogP contribution in [-0.4, -0.2) is 19.3 Å². The number of carbonyl (C=O) groups excluding carboxylic acids is 1. The average molecular weight is 240 g/mol. The van der Waals surface area contributed by atoms with Crippen LogP contribution in [0.1, 0.15) is 10.4 Å². The van der Waals surface area contributed by atoms with E-state index < -0.39 is 10.4 Å². The zero-order valence-corrected chi connectivity index (χ0v) is 11.3. The zero-order valence-electron chi connectivity index (χ0n) is 7.34. The second kappa shape index (κ2) is 5.96. The third-order valence-corrected chi connectivity index (χ3v) is 1.61. The van der Waals surface area contributed by atoms with Crippen molar-refractivity contribution in [1.82, 2.24) is 0 Å². The molecule has 70 valence electrons. The summed E-state index contributed by atoms with van der Waals surface area (Å²) < 4.78 is 34.3. The fourth-order valence-corrected chi connectivity index (χ4v) is 1.07. The molecule has 0 aliphatic rings. The van der Waals surface area contributed by atoms with Crippen molar-refractivity contribution in [1.29, 1.82) is 0 Å². The van der Waals surface area contributed by atoms with Crippen molar-refractivity contribution in [2.24, 2.45) is 0 Å². The first-order valence-electron chi connectivity index (χ1n) is 3.22. The van der Waals surface area contributed by atoms with Crippen LogP contribution in [0.25, 0.3) is 0 Å². The minimum Gasteiger partial charge on any atom is -0.716 e. The van der Waals surface area contributed by atoms with Crippen molar-refractivity contribution in [3.63, 3.8) is 0 Å². The van der Waals surface area contributed by atoms with Crippen LogP contribution in [0.4, 0.5) is 0 Å². The van der Waals surface area contributed by atoms with Crippen molar-refractivity contribution >= 4 is 16.7 Å². The first-order valence-corrected chi connectivity index (χ1v) is 4.55. The van der Waals surface area contributed by atoms with Gasteiger partial charge in [-0.1, -0.05) is 0 Å². The number of hydrogen-bond acceptors (Lipinski definition) is 5. The van der Waals surface area contributed by atoms with Crippen LogP contribution in [0.3, 0.4) is 0 Å². The summed E-state index contributed by atoms with van der Waals surface area (Å²) in [5.41, 5.74) is 0.371. The predicted octanol–water partition coefficient (Wildman–Crippen LogP) is -2.66. The van der Waals surface area contributed by atoms with Gasteiger partial charge in [0, 0.05) is 5.56 Å². The summed E-state index contributed by atoms with van der Waals surface area (Å²) in [7, 11) is -4.74. The number of benzene rings is 1. The Morgan fingerprint density at radius 1 is 1.21 bits per heavy atom. The third-order valence-electron chi connectivity index (χ3n) is 1.21. The van der Waals surface area contributed by atoms with Crippen molar-refractivity contribution in [2.45, 2.75) is 0 Å². The second-order valence-electron chi connectivity index (χ2n) is 2.18. The maximum absolute atomic E-state index is 10.2. The minimum absolute atomic E-state index is 0. The summed E-state index contributed by atoms with van der Waals surface area (Å²) in [6, 6.07) is 5.12. The molecule has 14 heavy (non-hydrogen) atoms. The number of carbonyl (C=O) groups is 1. The summed E-state index contributed by atoms with van der Waals surface area (Å²) in [6.45, 7) is 0.